The van der Waals surface area contributed by atoms with Gasteiger partial charge in [0.05, 0.1) is 31.0 Å². The molecule has 0 radical (unpaired) electrons. The van der Waals surface area contributed by atoms with Crippen molar-refractivity contribution in [1.82, 2.24) is 15.1 Å². The molecule has 0 unspecified atom stereocenters. The summed E-state index contributed by atoms with van der Waals surface area (Å²) in [6.45, 7) is 4.42. The third kappa shape index (κ3) is 4.20. The average Bonchev–Trinajstić information content (AvgIpc) is 2.99. The third-order valence-electron chi connectivity index (χ3n) is 3.51. The molecule has 1 aromatic carbocycles. The van der Waals surface area contributed by atoms with Crippen LogP contribution in [0.1, 0.15) is 42.2 Å². The molecule has 0 aliphatic carbocycles. The second-order valence-electron chi connectivity index (χ2n) is 5.48. The largest absolute Gasteiger partial charge is 0.493 e. The zero-order chi connectivity index (χ0) is 17.7. The molecule has 1 aromatic heterocycles. The van der Waals surface area contributed by atoms with Crippen LogP contribution in [0.2, 0.25) is 5.02 Å². The molecule has 0 spiro atoms. The second-order valence-corrected chi connectivity index (χ2v) is 5.89. The minimum atomic E-state index is -0.242. The fourth-order valence-electron chi connectivity index (χ4n) is 2.22. The summed E-state index contributed by atoms with van der Waals surface area (Å²) in [7, 11) is 3.35. The van der Waals surface area contributed by atoms with E-state index >= 15 is 0 Å². The molecule has 1 atom stereocenters. The lowest BCUT2D eigenvalue weighted by atomic mass is 10.1. The smallest absolute Gasteiger partial charge is 0.251 e. The Morgan fingerprint density at radius 3 is 2.79 bits per heavy atom. The highest BCUT2D eigenvalue weighted by atomic mass is 35.5. The lowest BCUT2D eigenvalue weighted by Gasteiger charge is -2.15. The molecule has 0 saturated carbocycles. The monoisotopic (exact) mass is 351 g/mol. The molecule has 1 N–H and O–H groups in total. The first-order valence-electron chi connectivity index (χ1n) is 7.76. The van der Waals surface area contributed by atoms with Gasteiger partial charge in [0, 0.05) is 24.4 Å². The number of benzene rings is 1. The summed E-state index contributed by atoms with van der Waals surface area (Å²) >= 11 is 6.25. The van der Waals surface area contributed by atoms with Gasteiger partial charge in [0.25, 0.3) is 5.91 Å². The van der Waals surface area contributed by atoms with E-state index in [0.717, 1.165) is 12.0 Å². The van der Waals surface area contributed by atoms with Crippen LogP contribution in [-0.4, -0.2) is 29.4 Å². The van der Waals surface area contributed by atoms with Gasteiger partial charge in [-0.1, -0.05) is 18.5 Å². The summed E-state index contributed by atoms with van der Waals surface area (Å²) in [4.78, 5) is 12.5. The molecule has 0 fully saturated rings. The van der Waals surface area contributed by atoms with Crippen molar-refractivity contribution in [2.24, 2.45) is 7.05 Å². The maximum absolute atomic E-state index is 12.5. The number of rotatable bonds is 7. The van der Waals surface area contributed by atoms with Crippen LogP contribution >= 0.6 is 11.6 Å². The number of hydrogen-bond acceptors (Lipinski definition) is 4. The lowest BCUT2D eigenvalue weighted by molar-refractivity contribution is 0.0939. The van der Waals surface area contributed by atoms with Gasteiger partial charge < -0.3 is 14.8 Å². The van der Waals surface area contributed by atoms with Crippen molar-refractivity contribution in [3.63, 3.8) is 0 Å². The molecule has 7 heteroatoms. The van der Waals surface area contributed by atoms with Crippen LogP contribution in [0.4, 0.5) is 0 Å². The average molecular weight is 352 g/mol. The van der Waals surface area contributed by atoms with Crippen molar-refractivity contribution in [1.29, 1.82) is 0 Å². The van der Waals surface area contributed by atoms with Crippen LogP contribution in [0.3, 0.4) is 0 Å². The van der Waals surface area contributed by atoms with Crippen molar-refractivity contribution >= 4 is 17.5 Å². The maximum Gasteiger partial charge on any atom is 0.251 e. The Bertz CT molecular complexity index is 715. The summed E-state index contributed by atoms with van der Waals surface area (Å²) in [5.74, 6) is 0.654. The van der Waals surface area contributed by atoms with Gasteiger partial charge in [-0.2, -0.15) is 5.10 Å². The number of aromatic nitrogens is 2. The number of carbonyl (C=O) groups excluding carboxylic acids is 1. The van der Waals surface area contributed by atoms with Crippen molar-refractivity contribution in [3.8, 4) is 11.5 Å². The predicted molar refractivity (Wildman–Crippen MR) is 92.9 cm³/mol. The number of amides is 1. The Kier molecular flexibility index (Phi) is 6.09. The van der Waals surface area contributed by atoms with Crippen molar-refractivity contribution < 1.29 is 14.3 Å². The summed E-state index contributed by atoms with van der Waals surface area (Å²) in [6.07, 6.45) is 4.44. The normalized spacial score (nSPS) is 11.9. The number of hydrogen-bond donors (Lipinski definition) is 1. The summed E-state index contributed by atoms with van der Waals surface area (Å²) in [6, 6.07) is 3.04. The fraction of sp³-hybridized carbons (Fsp3) is 0.412. The minimum Gasteiger partial charge on any atom is -0.493 e. The molecule has 6 nitrogen and oxygen atoms in total. The van der Waals surface area contributed by atoms with Crippen molar-refractivity contribution in [3.05, 3.63) is 40.7 Å². The molecule has 130 valence electrons. The first-order chi connectivity index (χ1) is 11.5. The van der Waals surface area contributed by atoms with Crippen LogP contribution in [0.15, 0.2) is 24.5 Å². The third-order valence-corrected chi connectivity index (χ3v) is 3.80. The van der Waals surface area contributed by atoms with Gasteiger partial charge in [0.1, 0.15) is 0 Å². The second kappa shape index (κ2) is 8.06. The minimum absolute atomic E-state index is 0.174. The Labute approximate surface area is 146 Å². The fourth-order valence-corrected chi connectivity index (χ4v) is 2.49. The number of ether oxygens (including phenoxy) is 2. The SMILES string of the molecule is CCCOc1c(Cl)cc(C(=O)N[C@H](C)c2cnn(C)c2)cc1OC. The predicted octanol–water partition coefficient (Wildman–Crippen LogP) is 3.36. The number of nitrogens with zero attached hydrogens (tertiary/aromatic N) is 2. The van der Waals surface area contributed by atoms with Crippen LogP contribution in [-0.2, 0) is 7.05 Å². The van der Waals surface area contributed by atoms with Crippen LogP contribution in [0.25, 0.3) is 0 Å². The van der Waals surface area contributed by atoms with Crippen LogP contribution in [0, 0.1) is 0 Å². The highest BCUT2D eigenvalue weighted by Crippen LogP contribution is 2.36. The van der Waals surface area contributed by atoms with E-state index in [1.807, 2.05) is 27.1 Å². The number of aryl methyl sites for hydroxylation is 1. The molecule has 0 bridgehead atoms. The number of carbonyl (C=O) groups is 1. The summed E-state index contributed by atoms with van der Waals surface area (Å²) in [5.41, 5.74) is 1.34. The van der Waals surface area contributed by atoms with Gasteiger partial charge in [-0.15, -0.1) is 0 Å². The standard InChI is InChI=1S/C17H22ClN3O3/c1-5-6-24-16-14(18)7-12(8-15(16)23-4)17(22)20-11(2)13-9-19-21(3)10-13/h7-11H,5-6H2,1-4H3,(H,20,22)/t11-/m1/s1. The van der Waals surface area contributed by atoms with Gasteiger partial charge in [-0.05, 0) is 25.5 Å². The first kappa shape index (κ1) is 18.1. The van der Waals surface area contributed by atoms with Crippen molar-refractivity contribution in [2.75, 3.05) is 13.7 Å². The Hall–Kier alpha value is -2.21. The summed E-state index contributed by atoms with van der Waals surface area (Å²) < 4.78 is 12.6. The molecule has 2 aromatic rings. The Morgan fingerprint density at radius 1 is 1.46 bits per heavy atom. The van der Waals surface area contributed by atoms with E-state index in [-0.39, 0.29) is 11.9 Å². The van der Waals surface area contributed by atoms with Crippen LogP contribution in [0.5, 0.6) is 11.5 Å². The highest BCUT2D eigenvalue weighted by molar-refractivity contribution is 6.32. The van der Waals surface area contributed by atoms with E-state index in [1.54, 1.807) is 23.0 Å². The maximum atomic E-state index is 12.5. The van der Waals surface area contributed by atoms with Crippen molar-refractivity contribution in [2.45, 2.75) is 26.3 Å². The molecule has 24 heavy (non-hydrogen) atoms. The number of halogens is 1. The van der Waals surface area contributed by atoms with Gasteiger partial charge in [0.2, 0.25) is 0 Å². The number of methoxy groups -OCH3 is 1. The molecule has 0 aliphatic rings. The summed E-state index contributed by atoms with van der Waals surface area (Å²) in [5, 5.41) is 7.38. The molecule has 1 amide bonds. The molecule has 2 rings (SSSR count). The molecular weight excluding hydrogens is 330 g/mol. The van der Waals surface area contributed by atoms with E-state index in [2.05, 4.69) is 10.4 Å². The molecular formula is C17H22ClN3O3. The van der Waals surface area contributed by atoms with Gasteiger partial charge in [-0.25, -0.2) is 0 Å². The van der Waals surface area contributed by atoms with E-state index in [0.29, 0.717) is 28.7 Å². The zero-order valence-corrected chi connectivity index (χ0v) is 15.1. The lowest BCUT2D eigenvalue weighted by Crippen LogP contribution is -2.26. The van der Waals surface area contributed by atoms with E-state index in [4.69, 9.17) is 21.1 Å². The van der Waals surface area contributed by atoms with E-state index in [1.165, 1.54) is 7.11 Å². The zero-order valence-electron chi connectivity index (χ0n) is 14.3. The van der Waals surface area contributed by atoms with Crippen LogP contribution < -0.4 is 14.8 Å². The van der Waals surface area contributed by atoms with Gasteiger partial charge in [0.15, 0.2) is 11.5 Å². The highest BCUT2D eigenvalue weighted by Gasteiger charge is 2.18. The Balaban J connectivity index is 2.18. The molecule has 1 heterocycles. The first-order valence-corrected chi connectivity index (χ1v) is 8.13. The molecule has 0 aliphatic heterocycles. The quantitative estimate of drug-likeness (QED) is 0.830. The van der Waals surface area contributed by atoms with E-state index < -0.39 is 0 Å². The number of nitrogens with one attached hydrogen (secondary N) is 1. The van der Waals surface area contributed by atoms with E-state index in [9.17, 15) is 4.79 Å². The molecule has 0 saturated heterocycles. The Morgan fingerprint density at radius 2 is 2.21 bits per heavy atom. The van der Waals surface area contributed by atoms with Gasteiger partial charge >= 0.3 is 0 Å². The van der Waals surface area contributed by atoms with Gasteiger partial charge in [-0.3, -0.25) is 9.48 Å². The topological polar surface area (TPSA) is 65.4 Å².